The number of aryl methyl sites for hydroxylation is 2. The number of hydrogen-bond donors (Lipinski definition) is 0. The summed E-state index contributed by atoms with van der Waals surface area (Å²) >= 11 is 0. The number of halogens is 2. The Balaban J connectivity index is 2.55. The van der Waals surface area contributed by atoms with E-state index in [4.69, 9.17) is 0 Å². The number of rotatable bonds is 2. The molecule has 2 aromatic rings. The second-order valence-corrected chi connectivity index (χ2v) is 4.12. The second-order valence-electron chi connectivity index (χ2n) is 4.12. The quantitative estimate of drug-likeness (QED) is 0.768. The Morgan fingerprint density at radius 1 is 1.28 bits per heavy atom. The first-order valence-electron chi connectivity index (χ1n) is 5.41. The Kier molecular flexibility index (Phi) is 2.98. The predicted octanol–water partition coefficient (Wildman–Crippen LogP) is 2.55. The first kappa shape index (κ1) is 12.4. The lowest BCUT2D eigenvalue weighted by Crippen LogP contribution is -2.07. The molecule has 5 heteroatoms. The molecule has 1 aromatic heterocycles. The van der Waals surface area contributed by atoms with Crippen molar-refractivity contribution in [3.8, 4) is 0 Å². The molecular weight excluding hydrogens is 238 g/mol. The highest BCUT2D eigenvalue weighted by Crippen LogP contribution is 2.19. The fourth-order valence-corrected chi connectivity index (χ4v) is 1.91. The van der Waals surface area contributed by atoms with Crippen molar-refractivity contribution in [1.82, 2.24) is 9.78 Å². The highest BCUT2D eigenvalue weighted by molar-refractivity contribution is 6.10. The third kappa shape index (κ3) is 1.92. The van der Waals surface area contributed by atoms with Gasteiger partial charge >= 0.3 is 0 Å². The zero-order valence-electron chi connectivity index (χ0n) is 10.3. The standard InChI is InChI=1S/C13H12F2N2O/c1-7-12(8(2)17(3)16-7)13(18)10-5-4-9(14)6-11(10)15/h4-6H,1-3H3. The number of benzene rings is 1. The summed E-state index contributed by atoms with van der Waals surface area (Å²) in [5.74, 6) is -2.04. The van der Waals surface area contributed by atoms with Crippen LogP contribution in [0.4, 0.5) is 8.78 Å². The molecule has 3 nitrogen and oxygen atoms in total. The summed E-state index contributed by atoms with van der Waals surface area (Å²) in [6.07, 6.45) is 0. The average molecular weight is 250 g/mol. The van der Waals surface area contributed by atoms with Crippen LogP contribution in [-0.2, 0) is 7.05 Å². The molecule has 94 valence electrons. The molecule has 0 saturated carbocycles. The minimum absolute atomic E-state index is 0.143. The minimum Gasteiger partial charge on any atom is -0.288 e. The van der Waals surface area contributed by atoms with Gasteiger partial charge in [-0.1, -0.05) is 0 Å². The van der Waals surface area contributed by atoms with E-state index < -0.39 is 17.4 Å². The predicted molar refractivity (Wildman–Crippen MR) is 62.5 cm³/mol. The van der Waals surface area contributed by atoms with Crippen LogP contribution in [-0.4, -0.2) is 15.6 Å². The molecule has 0 aliphatic carbocycles. The Labute approximate surface area is 103 Å². The molecule has 1 aromatic carbocycles. The van der Waals surface area contributed by atoms with Gasteiger partial charge in [-0.2, -0.15) is 5.10 Å². The molecule has 0 aliphatic heterocycles. The van der Waals surface area contributed by atoms with Crippen LogP contribution in [0.1, 0.15) is 27.3 Å². The number of nitrogens with zero attached hydrogens (tertiary/aromatic N) is 2. The average Bonchev–Trinajstić information content (AvgIpc) is 2.52. The van der Waals surface area contributed by atoms with Crippen molar-refractivity contribution in [1.29, 1.82) is 0 Å². The summed E-state index contributed by atoms with van der Waals surface area (Å²) in [6.45, 7) is 3.41. The summed E-state index contributed by atoms with van der Waals surface area (Å²) in [7, 11) is 1.71. The summed E-state index contributed by atoms with van der Waals surface area (Å²) in [4.78, 5) is 12.2. The van der Waals surface area contributed by atoms with Gasteiger partial charge in [-0.15, -0.1) is 0 Å². The number of hydrogen-bond acceptors (Lipinski definition) is 2. The van der Waals surface area contributed by atoms with Crippen LogP contribution in [0.3, 0.4) is 0 Å². The Hall–Kier alpha value is -2.04. The van der Waals surface area contributed by atoms with Gasteiger partial charge in [-0.3, -0.25) is 9.48 Å². The van der Waals surface area contributed by atoms with Crippen LogP contribution in [0.2, 0.25) is 0 Å². The van der Waals surface area contributed by atoms with E-state index in [0.29, 0.717) is 23.0 Å². The molecule has 0 saturated heterocycles. The summed E-state index contributed by atoms with van der Waals surface area (Å²) in [6, 6.07) is 2.92. The first-order valence-corrected chi connectivity index (χ1v) is 5.41. The Morgan fingerprint density at radius 2 is 1.94 bits per heavy atom. The van der Waals surface area contributed by atoms with Gasteiger partial charge in [0.15, 0.2) is 5.78 Å². The lowest BCUT2D eigenvalue weighted by atomic mass is 10.0. The number of carbonyl (C=O) groups excluding carboxylic acids is 1. The van der Waals surface area contributed by atoms with Crippen molar-refractivity contribution >= 4 is 5.78 Å². The summed E-state index contributed by atoms with van der Waals surface area (Å²) in [5.41, 5.74) is 1.41. The van der Waals surface area contributed by atoms with Crippen LogP contribution >= 0.6 is 0 Å². The fraction of sp³-hybridized carbons (Fsp3) is 0.231. The van der Waals surface area contributed by atoms with Gasteiger partial charge in [-0.25, -0.2) is 8.78 Å². The van der Waals surface area contributed by atoms with Gasteiger partial charge in [0, 0.05) is 18.8 Å². The van der Waals surface area contributed by atoms with Gasteiger partial charge in [0.2, 0.25) is 0 Å². The molecule has 0 fully saturated rings. The lowest BCUT2D eigenvalue weighted by Gasteiger charge is -2.03. The highest BCUT2D eigenvalue weighted by Gasteiger charge is 2.21. The molecule has 0 radical (unpaired) electrons. The van der Waals surface area contributed by atoms with Gasteiger partial charge in [-0.05, 0) is 26.0 Å². The van der Waals surface area contributed by atoms with Crippen molar-refractivity contribution in [2.24, 2.45) is 7.05 Å². The number of aromatic nitrogens is 2. The zero-order chi connectivity index (χ0) is 13.4. The smallest absolute Gasteiger partial charge is 0.199 e. The maximum absolute atomic E-state index is 13.6. The van der Waals surface area contributed by atoms with Crippen LogP contribution in [0.15, 0.2) is 18.2 Å². The van der Waals surface area contributed by atoms with Crippen molar-refractivity contribution in [3.05, 3.63) is 52.3 Å². The fourth-order valence-electron chi connectivity index (χ4n) is 1.91. The van der Waals surface area contributed by atoms with E-state index >= 15 is 0 Å². The van der Waals surface area contributed by atoms with Gasteiger partial charge in [0.25, 0.3) is 0 Å². The van der Waals surface area contributed by atoms with Crippen LogP contribution < -0.4 is 0 Å². The normalized spacial score (nSPS) is 10.7. The van der Waals surface area contributed by atoms with Crippen molar-refractivity contribution < 1.29 is 13.6 Å². The van der Waals surface area contributed by atoms with E-state index in [1.807, 2.05) is 0 Å². The second kappa shape index (κ2) is 4.33. The first-order chi connectivity index (χ1) is 8.41. The largest absolute Gasteiger partial charge is 0.288 e. The maximum Gasteiger partial charge on any atom is 0.199 e. The molecule has 0 aliphatic rings. The Bertz CT molecular complexity index is 632. The Morgan fingerprint density at radius 3 is 2.44 bits per heavy atom. The monoisotopic (exact) mass is 250 g/mol. The third-order valence-electron chi connectivity index (χ3n) is 2.91. The van der Waals surface area contributed by atoms with Gasteiger partial charge in [0.05, 0.1) is 16.8 Å². The number of carbonyl (C=O) groups is 1. The molecule has 18 heavy (non-hydrogen) atoms. The molecule has 0 atom stereocenters. The molecule has 0 bridgehead atoms. The summed E-state index contributed by atoms with van der Waals surface area (Å²) < 4.78 is 27.9. The van der Waals surface area contributed by atoms with Crippen molar-refractivity contribution in [2.45, 2.75) is 13.8 Å². The van der Waals surface area contributed by atoms with Gasteiger partial charge < -0.3 is 0 Å². The maximum atomic E-state index is 13.6. The van der Waals surface area contributed by atoms with E-state index in [1.54, 1.807) is 25.6 Å². The van der Waals surface area contributed by atoms with Crippen molar-refractivity contribution in [3.63, 3.8) is 0 Å². The molecule has 1 heterocycles. The summed E-state index contributed by atoms with van der Waals surface area (Å²) in [5, 5.41) is 4.10. The topological polar surface area (TPSA) is 34.9 Å². The molecule has 2 rings (SSSR count). The lowest BCUT2D eigenvalue weighted by molar-refractivity contribution is 0.103. The van der Waals surface area contributed by atoms with Crippen LogP contribution in [0, 0.1) is 25.5 Å². The van der Waals surface area contributed by atoms with Crippen LogP contribution in [0.5, 0.6) is 0 Å². The SMILES string of the molecule is Cc1nn(C)c(C)c1C(=O)c1ccc(F)cc1F. The van der Waals surface area contributed by atoms with E-state index in [0.717, 1.165) is 12.1 Å². The zero-order valence-corrected chi connectivity index (χ0v) is 10.3. The van der Waals surface area contributed by atoms with E-state index in [-0.39, 0.29) is 5.56 Å². The highest BCUT2D eigenvalue weighted by atomic mass is 19.1. The van der Waals surface area contributed by atoms with Crippen molar-refractivity contribution in [2.75, 3.05) is 0 Å². The molecule has 0 amide bonds. The molecule has 0 spiro atoms. The molecule has 0 N–H and O–H groups in total. The van der Waals surface area contributed by atoms with Gasteiger partial charge in [0.1, 0.15) is 11.6 Å². The van der Waals surface area contributed by atoms with E-state index in [2.05, 4.69) is 5.10 Å². The third-order valence-corrected chi connectivity index (χ3v) is 2.91. The molecular formula is C13H12F2N2O. The van der Waals surface area contributed by atoms with Crippen LogP contribution in [0.25, 0.3) is 0 Å². The van der Waals surface area contributed by atoms with E-state index in [1.165, 1.54) is 0 Å². The van der Waals surface area contributed by atoms with E-state index in [9.17, 15) is 13.6 Å². The minimum atomic E-state index is -0.859. The number of ketones is 1. The molecule has 0 unspecified atom stereocenters.